The van der Waals surface area contributed by atoms with E-state index in [2.05, 4.69) is 20.9 Å². The summed E-state index contributed by atoms with van der Waals surface area (Å²) < 4.78 is 6.63. The van der Waals surface area contributed by atoms with E-state index in [-0.39, 0.29) is 29.9 Å². The molecule has 2 amide bonds. The number of rotatable bonds is 6. The SMILES string of the molecule is CC(C)Nc1cnc2n(c1=O)[C@H](C(=O)NCc1ccc(C(=N)NC(=O)OC(C)(C)C)cc1)CC2. The summed E-state index contributed by atoms with van der Waals surface area (Å²) in [7, 11) is 0. The number of nitrogens with one attached hydrogen (secondary N) is 4. The van der Waals surface area contributed by atoms with Crippen molar-refractivity contribution in [3.63, 3.8) is 0 Å². The summed E-state index contributed by atoms with van der Waals surface area (Å²) >= 11 is 0. The number of carbonyl (C=O) groups is 2. The topological polar surface area (TPSA) is 138 Å². The Kier molecular flexibility index (Phi) is 7.38. The summed E-state index contributed by atoms with van der Waals surface area (Å²) in [5, 5.41) is 16.4. The van der Waals surface area contributed by atoms with Crippen LogP contribution in [0.4, 0.5) is 10.5 Å². The molecule has 0 fully saturated rings. The number of amidine groups is 1. The molecule has 0 saturated heterocycles. The van der Waals surface area contributed by atoms with Crippen molar-refractivity contribution >= 4 is 23.5 Å². The summed E-state index contributed by atoms with van der Waals surface area (Å²) in [6, 6.07) is 6.37. The molecule has 1 aliphatic heterocycles. The molecule has 2 heterocycles. The van der Waals surface area contributed by atoms with E-state index in [1.54, 1.807) is 45.0 Å². The third-order valence-electron chi connectivity index (χ3n) is 5.11. The number of alkyl carbamates (subject to hydrolysis) is 1. The van der Waals surface area contributed by atoms with Gasteiger partial charge in [-0.15, -0.1) is 0 Å². The van der Waals surface area contributed by atoms with Gasteiger partial charge in [0.25, 0.3) is 5.56 Å². The number of anilines is 1. The molecule has 10 nitrogen and oxygen atoms in total. The van der Waals surface area contributed by atoms with E-state index in [4.69, 9.17) is 10.1 Å². The van der Waals surface area contributed by atoms with Crippen LogP contribution in [0.3, 0.4) is 0 Å². The van der Waals surface area contributed by atoms with Crippen LogP contribution in [-0.2, 0) is 22.5 Å². The van der Waals surface area contributed by atoms with Crippen molar-refractivity contribution in [1.29, 1.82) is 5.41 Å². The zero-order valence-electron chi connectivity index (χ0n) is 20.2. The van der Waals surface area contributed by atoms with Crippen molar-refractivity contribution in [2.45, 2.75) is 71.7 Å². The molecule has 182 valence electrons. The Morgan fingerprint density at radius 2 is 1.91 bits per heavy atom. The number of aromatic nitrogens is 2. The van der Waals surface area contributed by atoms with Crippen LogP contribution in [0.2, 0.25) is 0 Å². The van der Waals surface area contributed by atoms with Crippen molar-refractivity contribution in [2.75, 3.05) is 5.32 Å². The summed E-state index contributed by atoms with van der Waals surface area (Å²) in [5.41, 5.74) is 0.822. The fraction of sp³-hybridized carbons (Fsp3) is 0.458. The molecule has 0 aliphatic carbocycles. The van der Waals surface area contributed by atoms with Crippen LogP contribution in [-0.4, -0.2) is 39.0 Å². The second kappa shape index (κ2) is 10.1. The highest BCUT2D eigenvalue weighted by Crippen LogP contribution is 2.23. The molecular formula is C24H32N6O4. The van der Waals surface area contributed by atoms with E-state index in [9.17, 15) is 14.4 Å². The van der Waals surface area contributed by atoms with Gasteiger partial charge in [0.05, 0.1) is 6.20 Å². The van der Waals surface area contributed by atoms with Gasteiger partial charge in [-0.1, -0.05) is 24.3 Å². The van der Waals surface area contributed by atoms with Gasteiger partial charge in [-0.05, 0) is 46.6 Å². The van der Waals surface area contributed by atoms with Crippen LogP contribution in [0.1, 0.15) is 64.0 Å². The van der Waals surface area contributed by atoms with Crippen molar-refractivity contribution in [3.8, 4) is 0 Å². The van der Waals surface area contributed by atoms with Gasteiger partial charge in [0.15, 0.2) is 0 Å². The first-order valence-electron chi connectivity index (χ1n) is 11.3. The molecule has 1 aliphatic rings. The molecule has 1 aromatic carbocycles. The Bertz CT molecular complexity index is 1130. The van der Waals surface area contributed by atoms with E-state index < -0.39 is 17.7 Å². The number of carbonyl (C=O) groups excluding carboxylic acids is 2. The number of amides is 2. The van der Waals surface area contributed by atoms with E-state index in [1.165, 1.54) is 10.8 Å². The Morgan fingerprint density at radius 3 is 2.53 bits per heavy atom. The minimum absolute atomic E-state index is 0.0746. The zero-order valence-corrected chi connectivity index (χ0v) is 20.2. The molecule has 3 rings (SSSR count). The maximum absolute atomic E-state index is 12.9. The van der Waals surface area contributed by atoms with E-state index in [0.29, 0.717) is 29.9 Å². The molecule has 34 heavy (non-hydrogen) atoms. The number of fused-ring (bicyclic) bond motifs is 1. The fourth-order valence-electron chi connectivity index (χ4n) is 3.64. The van der Waals surface area contributed by atoms with Gasteiger partial charge < -0.3 is 15.4 Å². The Labute approximate surface area is 198 Å². The third-order valence-corrected chi connectivity index (χ3v) is 5.11. The lowest BCUT2D eigenvalue weighted by molar-refractivity contribution is -0.124. The molecule has 0 spiro atoms. The van der Waals surface area contributed by atoms with Crippen LogP contribution in [0.5, 0.6) is 0 Å². The summed E-state index contributed by atoms with van der Waals surface area (Å²) in [4.78, 5) is 41.9. The zero-order chi connectivity index (χ0) is 25.0. The van der Waals surface area contributed by atoms with Gasteiger partial charge in [-0.25, -0.2) is 9.78 Å². The second-order valence-electron chi connectivity index (χ2n) is 9.53. The van der Waals surface area contributed by atoms with E-state index in [1.807, 2.05) is 13.8 Å². The third kappa shape index (κ3) is 6.21. The fourth-order valence-corrected chi connectivity index (χ4v) is 3.64. The highest BCUT2D eigenvalue weighted by molar-refractivity contribution is 6.04. The average molecular weight is 469 g/mol. The Hall–Kier alpha value is -3.69. The van der Waals surface area contributed by atoms with Crippen molar-refractivity contribution in [3.05, 3.63) is 57.8 Å². The van der Waals surface area contributed by atoms with Crippen molar-refractivity contribution in [2.24, 2.45) is 0 Å². The van der Waals surface area contributed by atoms with Crippen LogP contribution < -0.4 is 21.5 Å². The van der Waals surface area contributed by atoms with Crippen molar-refractivity contribution < 1.29 is 14.3 Å². The van der Waals surface area contributed by atoms with E-state index in [0.717, 1.165) is 5.56 Å². The number of ether oxygens (including phenoxy) is 1. The second-order valence-corrected chi connectivity index (χ2v) is 9.53. The minimum atomic E-state index is -0.692. The number of hydrogen-bond donors (Lipinski definition) is 4. The predicted octanol–water partition coefficient (Wildman–Crippen LogP) is 2.72. The van der Waals surface area contributed by atoms with Crippen LogP contribution in [0.15, 0.2) is 35.3 Å². The molecule has 0 radical (unpaired) electrons. The van der Waals surface area contributed by atoms with Crippen LogP contribution in [0, 0.1) is 5.41 Å². The van der Waals surface area contributed by atoms with Gasteiger partial charge in [0.1, 0.15) is 29.0 Å². The van der Waals surface area contributed by atoms with Gasteiger partial charge in [-0.2, -0.15) is 0 Å². The standard InChI is InChI=1S/C24H32N6O4/c1-14(2)28-17-13-26-19-11-10-18(30(19)22(17)32)21(31)27-12-15-6-8-16(9-7-15)20(25)29-23(33)34-24(3,4)5/h6-9,13-14,18,28H,10-12H2,1-5H3,(H,27,31)(H2,25,29,33)/t18-/m0/s1. The first kappa shape index (κ1) is 24.9. The molecule has 1 aromatic heterocycles. The van der Waals surface area contributed by atoms with Crippen LogP contribution in [0.25, 0.3) is 0 Å². The monoisotopic (exact) mass is 468 g/mol. The van der Waals surface area contributed by atoms with Gasteiger partial charge in [0.2, 0.25) is 5.91 Å². The summed E-state index contributed by atoms with van der Waals surface area (Å²) in [6.45, 7) is 9.38. The molecule has 0 unspecified atom stereocenters. The lowest BCUT2D eigenvalue weighted by Gasteiger charge is -2.19. The molecule has 1 atom stereocenters. The number of nitrogens with zero attached hydrogens (tertiary/aromatic N) is 2. The molecule has 10 heteroatoms. The Morgan fingerprint density at radius 1 is 1.24 bits per heavy atom. The maximum Gasteiger partial charge on any atom is 0.413 e. The lowest BCUT2D eigenvalue weighted by Crippen LogP contribution is -2.37. The first-order valence-corrected chi connectivity index (χ1v) is 11.3. The quantitative estimate of drug-likeness (QED) is 0.380. The molecular weight excluding hydrogens is 436 g/mol. The highest BCUT2D eigenvalue weighted by Gasteiger charge is 2.31. The highest BCUT2D eigenvalue weighted by atomic mass is 16.6. The van der Waals surface area contributed by atoms with Gasteiger partial charge >= 0.3 is 6.09 Å². The smallest absolute Gasteiger partial charge is 0.413 e. The maximum atomic E-state index is 12.9. The summed E-state index contributed by atoms with van der Waals surface area (Å²) in [6.07, 6.45) is 1.93. The van der Waals surface area contributed by atoms with Gasteiger partial charge in [-0.3, -0.25) is 24.9 Å². The normalized spacial score (nSPS) is 14.9. The lowest BCUT2D eigenvalue weighted by atomic mass is 10.1. The molecule has 0 bridgehead atoms. The average Bonchev–Trinajstić information content (AvgIpc) is 3.17. The minimum Gasteiger partial charge on any atom is -0.444 e. The molecule has 2 aromatic rings. The Balaban J connectivity index is 1.60. The van der Waals surface area contributed by atoms with Crippen molar-refractivity contribution in [1.82, 2.24) is 20.2 Å². The number of aryl methyl sites for hydroxylation is 1. The summed E-state index contributed by atoms with van der Waals surface area (Å²) in [5.74, 6) is 0.289. The van der Waals surface area contributed by atoms with Crippen LogP contribution >= 0.6 is 0 Å². The largest absolute Gasteiger partial charge is 0.444 e. The number of hydrogen-bond acceptors (Lipinski definition) is 7. The first-order chi connectivity index (χ1) is 15.9. The van der Waals surface area contributed by atoms with E-state index >= 15 is 0 Å². The molecule has 4 N–H and O–H groups in total. The van der Waals surface area contributed by atoms with Gasteiger partial charge in [0, 0.05) is 24.6 Å². The predicted molar refractivity (Wildman–Crippen MR) is 129 cm³/mol. The molecule has 0 saturated carbocycles. The number of benzene rings is 1.